The van der Waals surface area contributed by atoms with E-state index in [1.54, 1.807) is 0 Å². The number of carboxylic acid groups (broad SMARTS) is 1. The second-order valence-corrected chi connectivity index (χ2v) is 7.31. The summed E-state index contributed by atoms with van der Waals surface area (Å²) in [4.78, 5) is 10.7. The number of hydrogen-bond donors (Lipinski definition) is 2. The molecule has 2 rings (SSSR count). The number of carbonyl (C=O) groups is 1. The van der Waals surface area contributed by atoms with Crippen molar-refractivity contribution in [1.82, 2.24) is 4.72 Å². The number of sulfonamides is 1. The third kappa shape index (κ3) is 4.23. The minimum Gasteiger partial charge on any atom is -0.478 e. The minimum absolute atomic E-state index is 0.0550. The van der Waals surface area contributed by atoms with Gasteiger partial charge >= 0.3 is 5.97 Å². The Morgan fingerprint density at radius 1 is 1.32 bits per heavy atom. The number of rotatable bonds is 6. The number of benzene rings is 1. The van der Waals surface area contributed by atoms with Gasteiger partial charge in [-0.1, -0.05) is 12.1 Å². The van der Waals surface area contributed by atoms with Crippen molar-refractivity contribution in [2.75, 3.05) is 5.75 Å². The van der Waals surface area contributed by atoms with E-state index in [9.17, 15) is 22.0 Å². The average molecular weight is 333 g/mol. The van der Waals surface area contributed by atoms with E-state index in [4.69, 9.17) is 5.11 Å². The van der Waals surface area contributed by atoms with Gasteiger partial charge in [0.05, 0.1) is 11.3 Å². The Kier molecular flexibility index (Phi) is 4.81. The lowest BCUT2D eigenvalue weighted by Crippen LogP contribution is -2.34. The monoisotopic (exact) mass is 333 g/mol. The van der Waals surface area contributed by atoms with Gasteiger partial charge in [-0.25, -0.2) is 26.7 Å². The van der Waals surface area contributed by atoms with Crippen LogP contribution in [0.4, 0.5) is 8.78 Å². The summed E-state index contributed by atoms with van der Waals surface area (Å²) >= 11 is 0. The molecule has 0 radical (unpaired) electrons. The summed E-state index contributed by atoms with van der Waals surface area (Å²) < 4.78 is 53.0. The van der Waals surface area contributed by atoms with E-state index in [0.717, 1.165) is 0 Å². The van der Waals surface area contributed by atoms with Crippen molar-refractivity contribution in [2.24, 2.45) is 5.92 Å². The standard InChI is InChI=1S/C14H17F2NO4S/c15-14(16)7-1-2-12(14)9-22(20,21)17-8-10-3-5-11(6-4-10)13(18)19/h3-6,12,17H,1-2,7-9H2,(H,18,19). The van der Waals surface area contributed by atoms with Gasteiger partial charge in [0.25, 0.3) is 5.92 Å². The molecule has 1 aliphatic carbocycles. The molecule has 122 valence electrons. The molecule has 0 bridgehead atoms. The first kappa shape index (κ1) is 16.8. The van der Waals surface area contributed by atoms with Crippen LogP contribution in [-0.4, -0.2) is 31.2 Å². The third-order valence-electron chi connectivity index (χ3n) is 3.78. The van der Waals surface area contributed by atoms with Crippen molar-refractivity contribution < 1.29 is 27.1 Å². The second-order valence-electron chi connectivity index (χ2n) is 5.45. The van der Waals surface area contributed by atoms with E-state index >= 15 is 0 Å². The molecule has 2 N–H and O–H groups in total. The Balaban J connectivity index is 1.93. The summed E-state index contributed by atoms with van der Waals surface area (Å²) in [6, 6.07) is 5.68. The zero-order valence-corrected chi connectivity index (χ0v) is 12.6. The SMILES string of the molecule is O=C(O)c1ccc(CNS(=O)(=O)CC2CCCC2(F)F)cc1. The van der Waals surface area contributed by atoms with Crippen LogP contribution in [0, 0.1) is 5.92 Å². The number of carboxylic acids is 1. The zero-order valence-electron chi connectivity index (χ0n) is 11.8. The Hall–Kier alpha value is -1.54. The largest absolute Gasteiger partial charge is 0.478 e. The van der Waals surface area contributed by atoms with E-state index in [1.807, 2.05) is 0 Å². The molecule has 0 amide bonds. The summed E-state index contributed by atoms with van der Waals surface area (Å²) in [6.07, 6.45) is 0.287. The third-order valence-corrected chi connectivity index (χ3v) is 5.20. The maximum atomic E-state index is 13.5. The fourth-order valence-electron chi connectivity index (χ4n) is 2.49. The minimum atomic E-state index is -3.81. The molecule has 22 heavy (non-hydrogen) atoms. The van der Waals surface area contributed by atoms with Crippen molar-refractivity contribution >= 4 is 16.0 Å². The van der Waals surface area contributed by atoms with Crippen molar-refractivity contribution in [1.29, 1.82) is 0 Å². The molecule has 1 aromatic rings. The predicted octanol–water partition coefficient (Wildman–Crippen LogP) is 2.24. The molecule has 1 fully saturated rings. The normalized spacial score (nSPS) is 20.9. The van der Waals surface area contributed by atoms with Crippen LogP contribution < -0.4 is 4.72 Å². The van der Waals surface area contributed by atoms with E-state index in [2.05, 4.69) is 4.72 Å². The topological polar surface area (TPSA) is 83.5 Å². The number of hydrogen-bond acceptors (Lipinski definition) is 3. The average Bonchev–Trinajstić information content (AvgIpc) is 2.75. The van der Waals surface area contributed by atoms with Crippen molar-refractivity contribution in [3.05, 3.63) is 35.4 Å². The highest BCUT2D eigenvalue weighted by molar-refractivity contribution is 7.89. The molecule has 1 unspecified atom stereocenters. The Morgan fingerprint density at radius 3 is 2.45 bits per heavy atom. The van der Waals surface area contributed by atoms with Gasteiger partial charge in [0.15, 0.2) is 0 Å². The molecule has 1 saturated carbocycles. The second kappa shape index (κ2) is 6.29. The van der Waals surface area contributed by atoms with Gasteiger partial charge < -0.3 is 5.11 Å². The van der Waals surface area contributed by atoms with Gasteiger partial charge in [0, 0.05) is 18.9 Å². The maximum Gasteiger partial charge on any atom is 0.335 e. The molecule has 0 saturated heterocycles. The van der Waals surface area contributed by atoms with E-state index in [0.29, 0.717) is 12.0 Å². The van der Waals surface area contributed by atoms with Gasteiger partial charge in [-0.3, -0.25) is 0 Å². The number of alkyl halides is 2. The van der Waals surface area contributed by atoms with Gasteiger partial charge in [-0.05, 0) is 30.5 Å². The van der Waals surface area contributed by atoms with Crippen LogP contribution in [0.1, 0.15) is 35.2 Å². The first-order chi connectivity index (χ1) is 10.2. The molecule has 1 aromatic carbocycles. The molecule has 8 heteroatoms. The molecule has 5 nitrogen and oxygen atoms in total. The molecule has 0 aromatic heterocycles. The lowest BCUT2D eigenvalue weighted by atomic mass is 10.1. The number of aromatic carboxylic acids is 1. The van der Waals surface area contributed by atoms with Crippen LogP contribution >= 0.6 is 0 Å². The van der Waals surface area contributed by atoms with Crippen LogP contribution in [0.25, 0.3) is 0 Å². The van der Waals surface area contributed by atoms with Crippen LogP contribution in [0.5, 0.6) is 0 Å². The summed E-state index contributed by atoms with van der Waals surface area (Å²) in [5.74, 6) is -5.72. The number of nitrogens with one attached hydrogen (secondary N) is 1. The van der Waals surface area contributed by atoms with Crippen LogP contribution in [0.2, 0.25) is 0 Å². The fourth-order valence-corrected chi connectivity index (χ4v) is 3.93. The molecular formula is C14H17F2NO4S. The smallest absolute Gasteiger partial charge is 0.335 e. The van der Waals surface area contributed by atoms with E-state index in [1.165, 1.54) is 24.3 Å². The quantitative estimate of drug-likeness (QED) is 0.836. The maximum absolute atomic E-state index is 13.5. The Labute approximate surface area is 127 Å². The summed E-state index contributed by atoms with van der Waals surface area (Å²) in [6.45, 7) is -0.0550. The molecule has 0 spiro atoms. The summed E-state index contributed by atoms with van der Waals surface area (Å²) in [5.41, 5.74) is 0.656. The molecule has 0 heterocycles. The molecular weight excluding hydrogens is 316 g/mol. The van der Waals surface area contributed by atoms with Crippen molar-refractivity contribution in [3.63, 3.8) is 0 Å². The first-order valence-electron chi connectivity index (χ1n) is 6.87. The van der Waals surface area contributed by atoms with Crippen molar-refractivity contribution in [3.8, 4) is 0 Å². The molecule has 1 atom stereocenters. The number of halogens is 2. The van der Waals surface area contributed by atoms with Gasteiger partial charge in [-0.15, -0.1) is 0 Å². The van der Waals surface area contributed by atoms with Crippen LogP contribution in [0.3, 0.4) is 0 Å². The van der Waals surface area contributed by atoms with E-state index < -0.39 is 33.6 Å². The van der Waals surface area contributed by atoms with Crippen LogP contribution in [-0.2, 0) is 16.6 Å². The lowest BCUT2D eigenvalue weighted by molar-refractivity contribution is -0.0288. The van der Waals surface area contributed by atoms with Gasteiger partial charge in [-0.2, -0.15) is 0 Å². The Morgan fingerprint density at radius 2 is 1.95 bits per heavy atom. The predicted molar refractivity (Wildman–Crippen MR) is 76.3 cm³/mol. The lowest BCUT2D eigenvalue weighted by Gasteiger charge is -2.19. The van der Waals surface area contributed by atoms with Gasteiger partial charge in [0.1, 0.15) is 0 Å². The summed E-state index contributed by atoms with van der Waals surface area (Å²) in [7, 11) is -3.81. The van der Waals surface area contributed by atoms with Crippen LogP contribution in [0.15, 0.2) is 24.3 Å². The Bertz CT molecular complexity index is 643. The first-order valence-corrected chi connectivity index (χ1v) is 8.52. The fraction of sp³-hybridized carbons (Fsp3) is 0.500. The van der Waals surface area contributed by atoms with E-state index in [-0.39, 0.29) is 24.9 Å². The highest BCUT2D eigenvalue weighted by Gasteiger charge is 2.45. The highest BCUT2D eigenvalue weighted by Crippen LogP contribution is 2.40. The summed E-state index contributed by atoms with van der Waals surface area (Å²) in [5, 5.41) is 8.76. The van der Waals surface area contributed by atoms with Crippen molar-refractivity contribution in [2.45, 2.75) is 31.7 Å². The molecule has 0 aliphatic heterocycles. The zero-order chi connectivity index (χ0) is 16.4. The highest BCUT2D eigenvalue weighted by atomic mass is 32.2. The molecule has 1 aliphatic rings. The van der Waals surface area contributed by atoms with Gasteiger partial charge in [0.2, 0.25) is 10.0 Å².